The highest BCUT2D eigenvalue weighted by Crippen LogP contribution is 2.25. The molecule has 0 spiro atoms. The molecule has 0 saturated carbocycles. The van der Waals surface area contributed by atoms with Gasteiger partial charge in [-0.2, -0.15) is 4.98 Å². The van der Waals surface area contributed by atoms with E-state index in [4.69, 9.17) is 9.26 Å². The van der Waals surface area contributed by atoms with Crippen LogP contribution in [0.2, 0.25) is 0 Å². The number of rotatable bonds is 5. The Morgan fingerprint density at radius 1 is 1.44 bits per heavy atom. The van der Waals surface area contributed by atoms with E-state index in [0.29, 0.717) is 18.4 Å². The summed E-state index contributed by atoms with van der Waals surface area (Å²) in [4.78, 5) is 16.9. The molecule has 25 heavy (non-hydrogen) atoms. The van der Waals surface area contributed by atoms with Crippen molar-refractivity contribution in [1.29, 1.82) is 0 Å². The molecule has 7 nitrogen and oxygen atoms in total. The third kappa shape index (κ3) is 3.69. The number of aromatic nitrogens is 2. The molecule has 8 heteroatoms. The second-order valence-electron chi connectivity index (χ2n) is 6.11. The van der Waals surface area contributed by atoms with Gasteiger partial charge in [-0.3, -0.25) is 4.79 Å². The van der Waals surface area contributed by atoms with Crippen molar-refractivity contribution in [3.8, 4) is 11.4 Å². The molecule has 0 aliphatic carbocycles. The second kappa shape index (κ2) is 7.28. The van der Waals surface area contributed by atoms with Gasteiger partial charge in [-0.1, -0.05) is 17.3 Å². The fourth-order valence-electron chi connectivity index (χ4n) is 2.90. The van der Waals surface area contributed by atoms with Crippen LogP contribution in [0.25, 0.3) is 11.4 Å². The number of carbonyl (C=O) groups excluding carboxylic acids is 1. The molecule has 1 unspecified atom stereocenters. The van der Waals surface area contributed by atoms with Gasteiger partial charge in [0.1, 0.15) is 17.5 Å². The van der Waals surface area contributed by atoms with Gasteiger partial charge in [0.05, 0.1) is 0 Å². The van der Waals surface area contributed by atoms with Crippen molar-refractivity contribution < 1.29 is 18.4 Å². The summed E-state index contributed by atoms with van der Waals surface area (Å²) in [5.41, 5.74) is -0.328. The number of ether oxygens (including phenoxy) is 1. The minimum Gasteiger partial charge on any atom is -0.368 e. The Morgan fingerprint density at radius 3 is 2.88 bits per heavy atom. The Labute approximate surface area is 144 Å². The van der Waals surface area contributed by atoms with Gasteiger partial charge in [0.2, 0.25) is 11.7 Å². The van der Waals surface area contributed by atoms with E-state index in [-0.39, 0.29) is 23.4 Å². The molecule has 3 rings (SSSR count). The molecule has 1 amide bonds. The van der Waals surface area contributed by atoms with E-state index in [1.54, 1.807) is 26.2 Å². The summed E-state index contributed by atoms with van der Waals surface area (Å²) in [6, 6.07) is 5.45. The van der Waals surface area contributed by atoms with Crippen molar-refractivity contribution in [2.75, 3.05) is 20.2 Å². The van der Waals surface area contributed by atoms with Gasteiger partial charge in [-0.15, -0.1) is 0 Å². The minimum absolute atomic E-state index is 0.200. The molecule has 1 saturated heterocycles. The zero-order valence-electron chi connectivity index (χ0n) is 14.2. The summed E-state index contributed by atoms with van der Waals surface area (Å²) >= 11 is 0. The van der Waals surface area contributed by atoms with Gasteiger partial charge in [0.15, 0.2) is 0 Å². The summed E-state index contributed by atoms with van der Waals surface area (Å²) in [7, 11) is 1.55. The zero-order chi connectivity index (χ0) is 17.9. The molecule has 1 aromatic heterocycles. The molecular weight excluding hydrogens is 327 g/mol. The lowest BCUT2D eigenvalue weighted by atomic mass is 9.91. The van der Waals surface area contributed by atoms with Crippen LogP contribution in [0.3, 0.4) is 0 Å². The molecule has 2 heterocycles. The topological polar surface area (TPSA) is 89.3 Å². The smallest absolute Gasteiger partial charge is 0.252 e. The second-order valence-corrected chi connectivity index (χ2v) is 6.11. The maximum absolute atomic E-state index is 13.3. The fourth-order valence-corrected chi connectivity index (χ4v) is 2.90. The van der Waals surface area contributed by atoms with E-state index in [9.17, 15) is 9.18 Å². The fraction of sp³-hybridized carbons (Fsp3) is 0.471. The van der Waals surface area contributed by atoms with Crippen LogP contribution in [0.15, 0.2) is 28.8 Å². The largest absolute Gasteiger partial charge is 0.368 e. The van der Waals surface area contributed by atoms with Gasteiger partial charge in [-0.25, -0.2) is 4.39 Å². The van der Waals surface area contributed by atoms with Crippen molar-refractivity contribution in [3.05, 3.63) is 36.0 Å². The first-order chi connectivity index (χ1) is 12.0. The first-order valence-corrected chi connectivity index (χ1v) is 8.20. The van der Waals surface area contributed by atoms with Crippen LogP contribution in [-0.2, 0) is 9.53 Å². The van der Waals surface area contributed by atoms with E-state index < -0.39 is 11.6 Å². The van der Waals surface area contributed by atoms with Crippen molar-refractivity contribution in [1.82, 2.24) is 20.8 Å². The molecule has 1 aromatic carbocycles. The summed E-state index contributed by atoms with van der Waals surface area (Å²) < 4.78 is 24.0. The molecule has 2 N–H and O–H groups in total. The number of carbonyl (C=O) groups is 1. The van der Waals surface area contributed by atoms with E-state index in [1.807, 2.05) is 0 Å². The number of piperidine rings is 1. The first kappa shape index (κ1) is 17.5. The SMILES string of the molecule is COC1(C(=O)NC(C)c2nc(-c3cccc(F)c3)no2)CCNCC1. The van der Waals surface area contributed by atoms with Crippen molar-refractivity contribution >= 4 is 5.91 Å². The van der Waals surface area contributed by atoms with Crippen LogP contribution in [-0.4, -0.2) is 41.8 Å². The zero-order valence-corrected chi connectivity index (χ0v) is 14.2. The Bertz CT molecular complexity index is 743. The third-order valence-corrected chi connectivity index (χ3v) is 4.46. The number of amides is 1. The Hall–Kier alpha value is -2.32. The van der Waals surface area contributed by atoms with Gasteiger partial charge in [0.25, 0.3) is 5.91 Å². The minimum atomic E-state index is -0.842. The molecule has 1 atom stereocenters. The number of hydrogen-bond acceptors (Lipinski definition) is 6. The summed E-state index contributed by atoms with van der Waals surface area (Å²) in [5, 5.41) is 9.94. The highest BCUT2D eigenvalue weighted by Gasteiger charge is 2.40. The van der Waals surface area contributed by atoms with E-state index >= 15 is 0 Å². The quantitative estimate of drug-likeness (QED) is 0.857. The van der Waals surface area contributed by atoms with Crippen molar-refractivity contribution in [2.24, 2.45) is 0 Å². The van der Waals surface area contributed by atoms with Crippen LogP contribution in [0.5, 0.6) is 0 Å². The van der Waals surface area contributed by atoms with Crippen LogP contribution in [0.1, 0.15) is 31.7 Å². The number of nitrogens with one attached hydrogen (secondary N) is 2. The molecule has 1 aliphatic heterocycles. The van der Waals surface area contributed by atoms with Gasteiger partial charge in [0, 0.05) is 12.7 Å². The monoisotopic (exact) mass is 348 g/mol. The van der Waals surface area contributed by atoms with E-state index in [2.05, 4.69) is 20.8 Å². The van der Waals surface area contributed by atoms with Gasteiger partial charge in [-0.05, 0) is 45.0 Å². The number of benzene rings is 1. The summed E-state index contributed by atoms with van der Waals surface area (Å²) in [6.07, 6.45) is 1.20. The molecule has 0 bridgehead atoms. The lowest BCUT2D eigenvalue weighted by Gasteiger charge is -2.35. The number of hydrogen-bond donors (Lipinski definition) is 2. The maximum Gasteiger partial charge on any atom is 0.252 e. The lowest BCUT2D eigenvalue weighted by molar-refractivity contribution is -0.147. The third-order valence-electron chi connectivity index (χ3n) is 4.46. The lowest BCUT2D eigenvalue weighted by Crippen LogP contribution is -2.54. The number of methoxy groups -OCH3 is 1. The average molecular weight is 348 g/mol. The van der Waals surface area contributed by atoms with Crippen LogP contribution < -0.4 is 10.6 Å². The van der Waals surface area contributed by atoms with Gasteiger partial charge < -0.3 is 19.9 Å². The normalized spacial score (nSPS) is 17.9. The Morgan fingerprint density at radius 2 is 2.20 bits per heavy atom. The van der Waals surface area contributed by atoms with Crippen molar-refractivity contribution in [3.63, 3.8) is 0 Å². The summed E-state index contributed by atoms with van der Waals surface area (Å²) in [5.74, 6) is -0.0423. The van der Waals surface area contributed by atoms with E-state index in [1.165, 1.54) is 12.1 Å². The Kier molecular flexibility index (Phi) is 5.10. The van der Waals surface area contributed by atoms with Crippen LogP contribution in [0.4, 0.5) is 4.39 Å². The van der Waals surface area contributed by atoms with Crippen LogP contribution >= 0.6 is 0 Å². The predicted molar refractivity (Wildman–Crippen MR) is 88.1 cm³/mol. The number of halogens is 1. The molecule has 134 valence electrons. The highest BCUT2D eigenvalue weighted by molar-refractivity contribution is 5.85. The number of nitrogens with zero attached hydrogens (tertiary/aromatic N) is 2. The predicted octanol–water partition coefficient (Wildman–Crippen LogP) is 1.82. The molecule has 1 aliphatic rings. The highest BCUT2D eigenvalue weighted by atomic mass is 19.1. The van der Waals surface area contributed by atoms with E-state index in [0.717, 1.165) is 13.1 Å². The molecule has 0 radical (unpaired) electrons. The molecular formula is C17H21FN4O3. The standard InChI is InChI=1S/C17H21FN4O3/c1-11(20-16(23)17(24-2)6-8-19-9-7-17)15-21-14(22-25-15)12-4-3-5-13(18)10-12/h3-5,10-11,19H,6-9H2,1-2H3,(H,20,23). The maximum atomic E-state index is 13.3. The molecule has 2 aromatic rings. The Balaban J connectivity index is 1.71. The average Bonchev–Trinajstić information content (AvgIpc) is 3.12. The van der Waals surface area contributed by atoms with Gasteiger partial charge >= 0.3 is 0 Å². The van der Waals surface area contributed by atoms with Crippen molar-refractivity contribution in [2.45, 2.75) is 31.4 Å². The molecule has 1 fully saturated rings. The van der Waals surface area contributed by atoms with Crippen LogP contribution in [0, 0.1) is 5.82 Å². The summed E-state index contributed by atoms with van der Waals surface area (Å²) in [6.45, 7) is 3.20. The first-order valence-electron chi connectivity index (χ1n) is 8.20.